The Bertz CT molecular complexity index is 351. The Morgan fingerprint density at radius 2 is 2.30 bits per heavy atom. The van der Waals surface area contributed by atoms with Gasteiger partial charge in [0.2, 0.25) is 0 Å². The molecule has 1 radical (unpaired) electrons. The van der Waals surface area contributed by atoms with Crippen LogP contribution in [0.2, 0.25) is 0 Å². The van der Waals surface area contributed by atoms with E-state index in [1.54, 1.807) is 0 Å². The molecule has 0 N–H and O–H groups in total. The highest BCUT2D eigenvalue weighted by atomic mass is 79.9. The minimum Gasteiger partial charge on any atom is -0.453 e. The molecule has 10 heavy (non-hydrogen) atoms. The van der Waals surface area contributed by atoms with Crippen molar-refractivity contribution in [2.24, 2.45) is 0 Å². The topological polar surface area (TPSA) is 13.1 Å². The molecule has 0 amide bonds. The average molecular weight is 196 g/mol. The summed E-state index contributed by atoms with van der Waals surface area (Å²) in [5.41, 5.74) is 0.870. The van der Waals surface area contributed by atoms with Gasteiger partial charge >= 0.3 is 0 Å². The van der Waals surface area contributed by atoms with Crippen molar-refractivity contribution in [3.05, 3.63) is 35.0 Å². The molecule has 0 aliphatic rings. The summed E-state index contributed by atoms with van der Waals surface area (Å²) in [5.74, 6) is 0. The van der Waals surface area contributed by atoms with E-state index in [0.29, 0.717) is 0 Å². The third kappa shape index (κ3) is 0.847. The first-order valence-electron chi connectivity index (χ1n) is 2.91. The first-order valence-corrected chi connectivity index (χ1v) is 3.71. The smallest absolute Gasteiger partial charge is 0.170 e. The summed E-state index contributed by atoms with van der Waals surface area (Å²) >= 11 is 3.34. The average Bonchev–Trinajstić information content (AvgIpc) is 2.33. The van der Waals surface area contributed by atoms with Crippen LogP contribution in [0, 0.1) is 6.26 Å². The van der Waals surface area contributed by atoms with E-state index in [4.69, 9.17) is 4.42 Å². The fourth-order valence-electron chi connectivity index (χ4n) is 0.872. The van der Waals surface area contributed by atoms with Gasteiger partial charge in [0.15, 0.2) is 6.26 Å². The number of fused-ring (bicyclic) bond motifs is 1. The summed E-state index contributed by atoms with van der Waals surface area (Å²) in [6, 6.07) is 7.71. The molecule has 0 aliphatic heterocycles. The van der Waals surface area contributed by atoms with Crippen molar-refractivity contribution in [3.8, 4) is 0 Å². The molecule has 0 bridgehead atoms. The van der Waals surface area contributed by atoms with Crippen LogP contribution in [0.3, 0.4) is 0 Å². The number of furan rings is 1. The Kier molecular flexibility index (Phi) is 1.27. The molecule has 2 aromatic rings. The molecule has 0 unspecified atom stereocenters. The Morgan fingerprint density at radius 3 is 3.20 bits per heavy atom. The molecule has 1 aromatic heterocycles. The van der Waals surface area contributed by atoms with Gasteiger partial charge in [-0.05, 0) is 24.3 Å². The van der Waals surface area contributed by atoms with Crippen molar-refractivity contribution in [2.45, 2.75) is 0 Å². The molecule has 0 spiro atoms. The minimum absolute atomic E-state index is 0.870. The van der Waals surface area contributed by atoms with Gasteiger partial charge in [0, 0.05) is 9.86 Å². The normalized spacial score (nSPS) is 10.5. The lowest BCUT2D eigenvalue weighted by Crippen LogP contribution is -1.62. The zero-order valence-electron chi connectivity index (χ0n) is 5.10. The van der Waals surface area contributed by atoms with Gasteiger partial charge < -0.3 is 4.42 Å². The second-order valence-corrected chi connectivity index (χ2v) is 2.96. The first kappa shape index (κ1) is 5.98. The summed E-state index contributed by atoms with van der Waals surface area (Å²) in [7, 11) is 0. The molecule has 49 valence electrons. The highest BCUT2D eigenvalue weighted by molar-refractivity contribution is 9.10. The summed E-state index contributed by atoms with van der Waals surface area (Å²) < 4.78 is 6.07. The SMILES string of the molecule is Brc1ccc2c[c]oc2c1. The fraction of sp³-hybridized carbons (Fsp3) is 0. The molecular weight excluding hydrogens is 192 g/mol. The summed E-state index contributed by atoms with van der Waals surface area (Å²) in [4.78, 5) is 0. The molecule has 0 atom stereocenters. The third-order valence-electron chi connectivity index (χ3n) is 1.36. The van der Waals surface area contributed by atoms with Crippen LogP contribution in [0.25, 0.3) is 11.0 Å². The fourth-order valence-corrected chi connectivity index (χ4v) is 1.21. The van der Waals surface area contributed by atoms with Crippen LogP contribution >= 0.6 is 15.9 Å². The molecule has 1 heterocycles. The van der Waals surface area contributed by atoms with Crippen molar-refractivity contribution < 1.29 is 4.42 Å². The van der Waals surface area contributed by atoms with E-state index < -0.39 is 0 Å². The predicted molar refractivity (Wildman–Crippen MR) is 42.8 cm³/mol. The van der Waals surface area contributed by atoms with Crippen LogP contribution in [-0.2, 0) is 0 Å². The summed E-state index contributed by atoms with van der Waals surface area (Å²) in [5, 5.41) is 1.09. The van der Waals surface area contributed by atoms with Gasteiger partial charge in [-0.1, -0.05) is 15.9 Å². The van der Waals surface area contributed by atoms with Gasteiger partial charge in [0.25, 0.3) is 0 Å². The summed E-state index contributed by atoms with van der Waals surface area (Å²) in [6.45, 7) is 0. The van der Waals surface area contributed by atoms with E-state index >= 15 is 0 Å². The Balaban J connectivity index is 2.86. The van der Waals surface area contributed by atoms with Crippen LogP contribution in [0.15, 0.2) is 33.2 Å². The lowest BCUT2D eigenvalue weighted by atomic mass is 10.3. The maximum atomic E-state index is 5.04. The number of benzene rings is 1. The van der Waals surface area contributed by atoms with Crippen molar-refractivity contribution in [1.82, 2.24) is 0 Å². The van der Waals surface area contributed by atoms with Crippen molar-refractivity contribution in [1.29, 1.82) is 0 Å². The second kappa shape index (κ2) is 2.13. The molecule has 1 aromatic carbocycles. The van der Waals surface area contributed by atoms with Gasteiger partial charge in [0.05, 0.1) is 0 Å². The monoisotopic (exact) mass is 195 g/mol. The van der Waals surface area contributed by atoms with Crippen LogP contribution in [0.1, 0.15) is 0 Å². The highest BCUT2D eigenvalue weighted by Crippen LogP contribution is 2.19. The standard InChI is InChI=1S/C8H4BrO/c9-7-2-1-6-3-4-10-8(6)5-7/h1-3,5H. The minimum atomic E-state index is 0.870. The molecule has 0 saturated carbocycles. The Morgan fingerprint density at radius 1 is 1.40 bits per heavy atom. The van der Waals surface area contributed by atoms with Crippen LogP contribution < -0.4 is 0 Å². The maximum Gasteiger partial charge on any atom is 0.170 e. The number of halogens is 1. The zero-order chi connectivity index (χ0) is 6.97. The van der Waals surface area contributed by atoms with E-state index in [-0.39, 0.29) is 0 Å². The molecular formula is C8H4BrO. The first-order chi connectivity index (χ1) is 4.86. The Labute approximate surface area is 66.8 Å². The van der Waals surface area contributed by atoms with Gasteiger partial charge in [-0.15, -0.1) is 0 Å². The number of rotatable bonds is 0. The lowest BCUT2D eigenvalue weighted by molar-refractivity contribution is 0.606. The van der Waals surface area contributed by atoms with Gasteiger partial charge in [-0.25, -0.2) is 0 Å². The van der Waals surface area contributed by atoms with Crippen LogP contribution in [0.4, 0.5) is 0 Å². The van der Waals surface area contributed by atoms with E-state index in [0.717, 1.165) is 15.4 Å². The summed E-state index contributed by atoms with van der Waals surface area (Å²) in [6.07, 6.45) is 2.67. The van der Waals surface area contributed by atoms with E-state index in [2.05, 4.69) is 22.2 Å². The van der Waals surface area contributed by atoms with Gasteiger partial charge in [0.1, 0.15) is 5.58 Å². The zero-order valence-corrected chi connectivity index (χ0v) is 6.68. The van der Waals surface area contributed by atoms with Gasteiger partial charge in [-0.3, -0.25) is 0 Å². The molecule has 2 rings (SSSR count). The van der Waals surface area contributed by atoms with Crippen LogP contribution in [0.5, 0.6) is 0 Å². The number of hydrogen-bond acceptors (Lipinski definition) is 1. The van der Waals surface area contributed by atoms with Crippen molar-refractivity contribution >= 4 is 26.9 Å². The maximum absolute atomic E-state index is 5.04. The van der Waals surface area contributed by atoms with Crippen LogP contribution in [-0.4, -0.2) is 0 Å². The molecule has 0 fully saturated rings. The molecule has 2 heteroatoms. The van der Waals surface area contributed by atoms with Crippen molar-refractivity contribution in [3.63, 3.8) is 0 Å². The molecule has 0 aliphatic carbocycles. The van der Waals surface area contributed by atoms with Gasteiger partial charge in [-0.2, -0.15) is 0 Å². The van der Waals surface area contributed by atoms with E-state index in [9.17, 15) is 0 Å². The largest absolute Gasteiger partial charge is 0.453 e. The third-order valence-corrected chi connectivity index (χ3v) is 1.85. The van der Waals surface area contributed by atoms with E-state index in [1.165, 1.54) is 0 Å². The lowest BCUT2D eigenvalue weighted by Gasteiger charge is -1.87. The predicted octanol–water partition coefficient (Wildman–Crippen LogP) is 3.00. The second-order valence-electron chi connectivity index (χ2n) is 2.05. The molecule has 0 saturated heterocycles. The van der Waals surface area contributed by atoms with Crippen molar-refractivity contribution in [2.75, 3.05) is 0 Å². The van der Waals surface area contributed by atoms with E-state index in [1.807, 2.05) is 24.3 Å². The highest BCUT2D eigenvalue weighted by Gasteiger charge is 1.95. The Hall–Kier alpha value is -0.760. The quantitative estimate of drug-likeness (QED) is 0.631. The molecule has 1 nitrogen and oxygen atoms in total. The number of hydrogen-bond donors (Lipinski definition) is 0.